The monoisotopic (exact) mass is 834 g/mol. The predicted molar refractivity (Wildman–Crippen MR) is 253 cm³/mol. The van der Waals surface area contributed by atoms with Crippen LogP contribution in [0.2, 0.25) is 0 Å². The molecule has 2 heterocycles. The van der Waals surface area contributed by atoms with Crippen LogP contribution in [0.25, 0.3) is 43.6 Å². The van der Waals surface area contributed by atoms with Gasteiger partial charge in [0, 0.05) is 85.4 Å². The smallest absolute Gasteiger partial charge is 0.370 e. The Balaban J connectivity index is 0.000000214. The van der Waals surface area contributed by atoms with E-state index in [1.54, 1.807) is 0 Å². The number of benzene rings is 6. The largest absolute Gasteiger partial charge is 0.477 e. The number of rotatable bonds is 11. The summed E-state index contributed by atoms with van der Waals surface area (Å²) in [5, 5.41) is 13.4. The number of fused-ring (bicyclic) bond motifs is 4. The maximum absolute atomic E-state index is 13.6. The number of aromatic nitrogens is 2. The van der Waals surface area contributed by atoms with Gasteiger partial charge in [0.05, 0.1) is 11.1 Å². The SMILES string of the molecule is CN(C)c1ccc(C(C)(C)NNC(C)(C)C(=O)C[n+]2c3ccccc3cc3ccccc32)cc1.CN(C)c1ccccc1.F.O=C(O)C[n+]1c2ccccc2cc2ccccc21. The Bertz CT molecular complexity index is 2660. The van der Waals surface area contributed by atoms with Crippen molar-refractivity contribution >= 4 is 66.7 Å². The zero-order chi connectivity index (χ0) is 43.7. The molecule has 0 bridgehead atoms. The number of aliphatic carboxylic acids is 1. The lowest BCUT2D eigenvalue weighted by Crippen LogP contribution is -2.60. The van der Waals surface area contributed by atoms with Crippen LogP contribution in [-0.4, -0.2) is 50.6 Å². The van der Waals surface area contributed by atoms with E-state index in [1.165, 1.54) is 5.69 Å². The zero-order valence-corrected chi connectivity index (χ0v) is 37.0. The highest BCUT2D eigenvalue weighted by Gasteiger charge is 2.34. The van der Waals surface area contributed by atoms with E-state index in [1.807, 2.05) is 138 Å². The van der Waals surface area contributed by atoms with Crippen LogP contribution in [0.5, 0.6) is 0 Å². The number of carboxylic acid groups (broad SMARTS) is 1. The van der Waals surface area contributed by atoms with Crippen LogP contribution in [0, 0.1) is 0 Å². The van der Waals surface area contributed by atoms with E-state index in [0.29, 0.717) is 0 Å². The maximum Gasteiger partial charge on any atom is 0.370 e. The van der Waals surface area contributed by atoms with Crippen LogP contribution >= 0.6 is 0 Å². The van der Waals surface area contributed by atoms with Crippen molar-refractivity contribution in [3.05, 3.63) is 169 Å². The molecule has 320 valence electrons. The van der Waals surface area contributed by atoms with Gasteiger partial charge in [-0.05, 0) is 93.9 Å². The van der Waals surface area contributed by atoms with Gasteiger partial charge in [-0.15, -0.1) is 0 Å². The molecule has 6 aromatic carbocycles. The second kappa shape index (κ2) is 20.2. The number of anilines is 2. The number of Topliss-reactive ketones (excluding diaryl/α,β-unsaturated/α-hetero) is 1. The Morgan fingerprint density at radius 3 is 1.23 bits per heavy atom. The molecule has 9 nitrogen and oxygen atoms in total. The highest BCUT2D eigenvalue weighted by molar-refractivity contribution is 5.91. The third-order valence-corrected chi connectivity index (χ3v) is 10.9. The fourth-order valence-electron chi connectivity index (χ4n) is 7.19. The number of nitrogens with one attached hydrogen (secondary N) is 2. The van der Waals surface area contributed by atoms with Gasteiger partial charge in [-0.1, -0.05) is 78.9 Å². The van der Waals surface area contributed by atoms with Gasteiger partial charge in [-0.2, -0.15) is 9.13 Å². The third-order valence-electron chi connectivity index (χ3n) is 10.9. The summed E-state index contributed by atoms with van der Waals surface area (Å²) in [6.45, 7) is 8.34. The highest BCUT2D eigenvalue weighted by Crippen LogP contribution is 2.24. The molecule has 0 aliphatic heterocycles. The lowest BCUT2D eigenvalue weighted by atomic mass is 9.94. The molecule has 10 heteroatoms. The van der Waals surface area contributed by atoms with Gasteiger partial charge < -0.3 is 14.9 Å². The van der Waals surface area contributed by atoms with E-state index < -0.39 is 11.5 Å². The van der Waals surface area contributed by atoms with Crippen LogP contribution in [0.15, 0.2) is 164 Å². The molecule has 0 aliphatic rings. The first-order valence-electron chi connectivity index (χ1n) is 20.5. The van der Waals surface area contributed by atoms with E-state index >= 15 is 0 Å². The molecule has 0 atom stereocenters. The van der Waals surface area contributed by atoms with Gasteiger partial charge in [0.25, 0.3) is 0 Å². The number of carbonyl (C=O) groups excluding carboxylic acids is 1. The van der Waals surface area contributed by atoms with Crippen LogP contribution < -0.4 is 29.8 Å². The van der Waals surface area contributed by atoms with Gasteiger partial charge >= 0.3 is 5.97 Å². The van der Waals surface area contributed by atoms with Crippen molar-refractivity contribution in [3.8, 4) is 0 Å². The number of hydrogen-bond donors (Lipinski definition) is 3. The van der Waals surface area contributed by atoms with Crippen molar-refractivity contribution in [3.63, 3.8) is 0 Å². The maximum atomic E-state index is 13.6. The number of hydrogen-bond acceptors (Lipinski definition) is 6. The Morgan fingerprint density at radius 2 is 0.855 bits per heavy atom. The number of carboxylic acids is 1. The summed E-state index contributed by atoms with van der Waals surface area (Å²) in [4.78, 5) is 28.8. The molecule has 0 unspecified atom stereocenters. The molecule has 0 radical (unpaired) electrons. The van der Waals surface area contributed by atoms with Crippen molar-refractivity contribution < 1.29 is 28.5 Å². The molecule has 0 saturated carbocycles. The first kappa shape index (κ1) is 46.3. The van der Waals surface area contributed by atoms with Crippen molar-refractivity contribution in [1.82, 2.24) is 10.9 Å². The second-order valence-corrected chi connectivity index (χ2v) is 16.7. The summed E-state index contributed by atoms with van der Waals surface area (Å²) in [6.07, 6.45) is 0. The molecular weight excluding hydrogens is 776 g/mol. The lowest BCUT2D eigenvalue weighted by molar-refractivity contribution is -0.633. The number of halogens is 1. The summed E-state index contributed by atoms with van der Waals surface area (Å²) in [5.41, 5.74) is 13.1. The van der Waals surface area contributed by atoms with Crippen molar-refractivity contribution in [2.24, 2.45) is 0 Å². The first-order valence-corrected chi connectivity index (χ1v) is 20.5. The highest BCUT2D eigenvalue weighted by atomic mass is 19.0. The van der Waals surface area contributed by atoms with Crippen molar-refractivity contribution in [2.45, 2.75) is 51.9 Å². The number of hydrazine groups is 1. The number of nitrogens with zero attached hydrogens (tertiary/aromatic N) is 4. The van der Waals surface area contributed by atoms with Crippen molar-refractivity contribution in [1.29, 1.82) is 0 Å². The van der Waals surface area contributed by atoms with E-state index in [0.717, 1.165) is 54.9 Å². The van der Waals surface area contributed by atoms with Gasteiger partial charge in [0.15, 0.2) is 0 Å². The Kier molecular flexibility index (Phi) is 15.1. The quantitative estimate of drug-likeness (QED) is 0.0681. The Morgan fingerprint density at radius 1 is 0.500 bits per heavy atom. The topological polar surface area (TPSA) is 92.7 Å². The molecule has 62 heavy (non-hydrogen) atoms. The van der Waals surface area contributed by atoms with Gasteiger partial charge in [-0.3, -0.25) is 9.50 Å². The number of pyridine rings is 2. The minimum atomic E-state index is -0.832. The molecule has 0 saturated heterocycles. The predicted octanol–water partition coefficient (Wildman–Crippen LogP) is 8.99. The van der Waals surface area contributed by atoms with Crippen molar-refractivity contribution in [2.75, 3.05) is 38.0 Å². The Labute approximate surface area is 364 Å². The third kappa shape index (κ3) is 11.1. The minimum Gasteiger partial charge on any atom is -0.477 e. The molecule has 0 fully saturated rings. The van der Waals surface area contributed by atoms with Crippen LogP contribution in [-0.2, 0) is 28.2 Å². The minimum absolute atomic E-state index is 0. The summed E-state index contributed by atoms with van der Waals surface area (Å²) in [7, 11) is 8.14. The fourth-order valence-corrected chi connectivity index (χ4v) is 7.19. The molecule has 0 amide bonds. The number of para-hydroxylation sites is 5. The lowest BCUT2D eigenvalue weighted by Gasteiger charge is -2.33. The van der Waals surface area contributed by atoms with E-state index in [2.05, 4.69) is 112 Å². The molecule has 3 N–H and O–H groups in total. The normalized spacial score (nSPS) is 11.2. The number of ketones is 1. The van der Waals surface area contributed by atoms with E-state index in [-0.39, 0.29) is 29.1 Å². The summed E-state index contributed by atoms with van der Waals surface area (Å²) < 4.78 is 3.97. The van der Waals surface area contributed by atoms with Crippen LogP contribution in [0.1, 0.15) is 33.3 Å². The van der Waals surface area contributed by atoms with Crippen LogP contribution in [0.4, 0.5) is 16.1 Å². The zero-order valence-electron chi connectivity index (χ0n) is 37.0. The van der Waals surface area contributed by atoms with Gasteiger partial charge in [0.1, 0.15) is 0 Å². The Hall–Kier alpha value is -6.75. The summed E-state index contributed by atoms with van der Waals surface area (Å²) in [6, 6.07) is 55.1. The molecule has 0 spiro atoms. The first-order chi connectivity index (χ1) is 29.1. The standard InChI is InChI=1S/C29H35N4O.C15H11NO2.C8H11N.FH/c1-28(2,23-15-17-24(18-16-23)32(5)6)30-31-29(3,4)27(34)20-33-25-13-9-7-11-21(25)19-22-12-8-10-14-26(22)33;17-15(18)10-16-13-7-3-1-5-11(13)9-12-6-2-4-8-14(12)16;1-9(2)8-6-4-3-5-7-8;/h7-19,30-31H,20H2,1-6H3;1-9H,10H2;3-7H,1-2H3;1H/q+1;;;/p+1. The average molecular weight is 835 g/mol. The average Bonchev–Trinajstić information content (AvgIpc) is 3.26. The fraction of sp³-hybridized carbons (Fsp3) is 0.231. The van der Waals surface area contributed by atoms with E-state index in [4.69, 9.17) is 5.11 Å². The summed E-state index contributed by atoms with van der Waals surface area (Å²) >= 11 is 0. The number of carbonyl (C=O) groups is 2. The molecule has 2 aromatic heterocycles. The van der Waals surface area contributed by atoms with E-state index in [9.17, 15) is 9.59 Å². The van der Waals surface area contributed by atoms with Gasteiger partial charge in [0.2, 0.25) is 40.9 Å². The molecule has 0 aliphatic carbocycles. The molecule has 8 aromatic rings. The van der Waals surface area contributed by atoms with Crippen LogP contribution in [0.3, 0.4) is 0 Å². The second-order valence-electron chi connectivity index (χ2n) is 16.7. The summed E-state index contributed by atoms with van der Waals surface area (Å²) in [5.74, 6) is -0.730. The molecule has 8 rings (SSSR count). The van der Waals surface area contributed by atoms with Gasteiger partial charge in [-0.25, -0.2) is 15.6 Å². The molecular formula is C52H59FN6O3+2.